The van der Waals surface area contributed by atoms with E-state index >= 15 is 0 Å². The number of nitrogens with zero attached hydrogens (tertiary/aromatic N) is 1. The van der Waals surface area contributed by atoms with E-state index in [2.05, 4.69) is 53.5 Å². The van der Waals surface area contributed by atoms with Crippen LogP contribution in [0.4, 0.5) is 0 Å². The minimum atomic E-state index is 0. The summed E-state index contributed by atoms with van der Waals surface area (Å²) in [5, 5.41) is 16.5. The molecule has 0 heterocycles. The minimum absolute atomic E-state index is 0. The van der Waals surface area contributed by atoms with Gasteiger partial charge < -0.3 is 29.0 Å². The van der Waals surface area contributed by atoms with Gasteiger partial charge in [0, 0.05) is 0 Å². The average molecular weight is 346 g/mol. The first-order valence-corrected chi connectivity index (χ1v) is 7.87. The molecule has 0 aliphatic carbocycles. The summed E-state index contributed by atoms with van der Waals surface area (Å²) in [7, 11) is 3.61. The van der Waals surface area contributed by atoms with Crippen molar-refractivity contribution >= 4 is 57.9 Å². The number of hydrogen-bond acceptors (Lipinski definition) is 4. The molecule has 0 unspecified atom stereocenters. The molecule has 6 heteroatoms. The van der Waals surface area contributed by atoms with Gasteiger partial charge in [0.1, 0.15) is 0 Å². The molecule has 0 saturated heterocycles. The molecule has 0 bridgehead atoms. The Bertz CT molecular complexity index is 71.6. The predicted molar refractivity (Wildman–Crippen MR) is 103 cm³/mol. The topological polar surface area (TPSA) is 49.4 Å². The van der Waals surface area contributed by atoms with E-state index < -0.39 is 0 Å². The molecule has 0 saturated carbocycles. The van der Waals surface area contributed by atoms with Gasteiger partial charge >= 0.3 is 46.1 Å². The molecule has 0 aromatic rings. The summed E-state index contributed by atoms with van der Waals surface area (Å²) in [5.41, 5.74) is 0. The van der Waals surface area contributed by atoms with Crippen molar-refractivity contribution in [1.29, 1.82) is 0 Å². The SMILES string of the molecule is CCN(C)CC.CCSCC.C[O-].C[O-].[CH2-]C.[CH2-]C.[Mg+2].[Mg+2]. The molecule has 0 N–H and O–H groups in total. The zero-order valence-corrected chi connectivity index (χ0v) is 20.0. The van der Waals surface area contributed by atoms with Crippen LogP contribution in [-0.2, 0) is 0 Å². The Morgan fingerprint density at radius 2 is 0.905 bits per heavy atom. The zero-order valence-electron chi connectivity index (χ0n) is 16.3. The van der Waals surface area contributed by atoms with Gasteiger partial charge in [0.05, 0.1) is 0 Å². The maximum Gasteiger partial charge on any atom is 2.00 e. The van der Waals surface area contributed by atoms with E-state index in [1.165, 1.54) is 11.5 Å². The second-order valence-electron chi connectivity index (χ2n) is 2.27. The van der Waals surface area contributed by atoms with Crippen LogP contribution in [0.5, 0.6) is 0 Å². The maximum atomic E-state index is 8.25. The largest absolute Gasteiger partial charge is 2.00 e. The smallest absolute Gasteiger partial charge is 0.857 e. The molecule has 0 fully saturated rings. The fourth-order valence-corrected chi connectivity index (χ4v) is 0.836. The standard InChI is InChI=1S/C5H13N.C4H10S.2C2H5.2CH3O.2Mg/c1-4-6(3)5-2;1-3-5-4-2;4*1-2;;/h4-5H2,1-3H3;3-4H2,1-2H3;2*1H2,2H3;2*1H3;;/q;;4*-1;2*+2. The van der Waals surface area contributed by atoms with Crippen molar-refractivity contribution in [2.24, 2.45) is 0 Å². The van der Waals surface area contributed by atoms with E-state index in [0.29, 0.717) is 0 Å². The summed E-state index contributed by atoms with van der Waals surface area (Å²) < 4.78 is 0. The van der Waals surface area contributed by atoms with Crippen molar-refractivity contribution in [1.82, 2.24) is 4.90 Å². The van der Waals surface area contributed by atoms with E-state index in [4.69, 9.17) is 10.2 Å². The van der Waals surface area contributed by atoms with Crippen molar-refractivity contribution in [2.45, 2.75) is 41.5 Å². The predicted octanol–water partition coefficient (Wildman–Crippen LogP) is 1.59. The quantitative estimate of drug-likeness (QED) is 0.573. The Balaban J connectivity index is -0.0000000172. The third-order valence-electron chi connectivity index (χ3n) is 1.49. The van der Waals surface area contributed by atoms with Gasteiger partial charge in [-0.3, -0.25) is 0 Å². The van der Waals surface area contributed by atoms with E-state index in [-0.39, 0.29) is 46.1 Å². The third-order valence-corrected chi connectivity index (χ3v) is 2.30. The van der Waals surface area contributed by atoms with Crippen LogP contribution in [-0.4, -0.2) is 96.9 Å². The van der Waals surface area contributed by atoms with Gasteiger partial charge in [0.15, 0.2) is 0 Å². The van der Waals surface area contributed by atoms with Crippen molar-refractivity contribution < 1.29 is 10.2 Å². The molecule has 126 valence electrons. The normalized spacial score (nSPS) is 6.00. The number of thioether (sulfide) groups is 1. The van der Waals surface area contributed by atoms with E-state index in [1.54, 1.807) is 13.8 Å². The molecule has 0 aliphatic heterocycles. The Hall–Kier alpha value is 1.76. The van der Waals surface area contributed by atoms with Gasteiger partial charge in [-0.15, -0.1) is 0 Å². The van der Waals surface area contributed by atoms with E-state index in [1.807, 2.05) is 11.8 Å². The summed E-state index contributed by atoms with van der Waals surface area (Å²) in [6.07, 6.45) is 0. The molecular formula is C15H39Mg2NO2S. The molecule has 0 amide bonds. The van der Waals surface area contributed by atoms with Crippen LogP contribution in [0.15, 0.2) is 0 Å². The Kier molecular flexibility index (Phi) is 232. The van der Waals surface area contributed by atoms with E-state index in [0.717, 1.165) is 27.3 Å². The first-order valence-electron chi connectivity index (χ1n) is 6.72. The van der Waals surface area contributed by atoms with Crippen LogP contribution >= 0.6 is 11.8 Å². The average Bonchev–Trinajstić information content (AvgIpc) is 2.55. The van der Waals surface area contributed by atoms with Crippen LogP contribution in [0.3, 0.4) is 0 Å². The van der Waals surface area contributed by atoms with Crippen molar-refractivity contribution in [3.8, 4) is 0 Å². The van der Waals surface area contributed by atoms with Gasteiger partial charge in [0.2, 0.25) is 0 Å². The third kappa shape index (κ3) is 141. The molecule has 3 nitrogen and oxygen atoms in total. The second-order valence-corrected chi connectivity index (χ2v) is 3.83. The first kappa shape index (κ1) is 49.5. The molecule has 0 rings (SSSR count). The van der Waals surface area contributed by atoms with Crippen molar-refractivity contribution in [3.63, 3.8) is 0 Å². The summed E-state index contributed by atoms with van der Waals surface area (Å²) in [5.74, 6) is 2.52. The maximum absolute atomic E-state index is 8.25. The van der Waals surface area contributed by atoms with Gasteiger partial charge in [-0.05, 0) is 31.6 Å². The molecule has 0 aliphatic rings. The molecule has 0 atom stereocenters. The van der Waals surface area contributed by atoms with Crippen LogP contribution in [0.25, 0.3) is 0 Å². The van der Waals surface area contributed by atoms with Crippen LogP contribution < -0.4 is 10.2 Å². The van der Waals surface area contributed by atoms with E-state index in [9.17, 15) is 0 Å². The van der Waals surface area contributed by atoms with Gasteiger partial charge in [0.25, 0.3) is 0 Å². The number of rotatable bonds is 4. The second kappa shape index (κ2) is 98.4. The summed E-state index contributed by atoms with van der Waals surface area (Å²) in [6.45, 7) is 21.0. The van der Waals surface area contributed by atoms with Gasteiger partial charge in [-0.1, -0.05) is 27.7 Å². The van der Waals surface area contributed by atoms with Crippen molar-refractivity contribution in [2.75, 3.05) is 45.9 Å². The minimum Gasteiger partial charge on any atom is -0.857 e. The Labute approximate surface area is 173 Å². The van der Waals surface area contributed by atoms with Crippen molar-refractivity contribution in [3.05, 3.63) is 13.8 Å². The van der Waals surface area contributed by atoms with Gasteiger partial charge in [-0.2, -0.15) is 39.8 Å². The summed E-state index contributed by atoms with van der Waals surface area (Å²) in [6, 6.07) is 0. The monoisotopic (exact) mass is 345 g/mol. The zero-order chi connectivity index (χ0) is 17.1. The number of hydrogen-bond donors (Lipinski definition) is 0. The molecule has 0 spiro atoms. The van der Waals surface area contributed by atoms with Crippen LogP contribution in [0, 0.1) is 13.8 Å². The first-order chi connectivity index (χ1) is 9.22. The van der Waals surface area contributed by atoms with Gasteiger partial charge in [-0.25, -0.2) is 0 Å². The molecule has 0 aromatic carbocycles. The van der Waals surface area contributed by atoms with Crippen LogP contribution in [0.1, 0.15) is 41.5 Å². The van der Waals surface area contributed by atoms with Crippen LogP contribution in [0.2, 0.25) is 0 Å². The molecule has 0 radical (unpaired) electrons. The fourth-order valence-electron chi connectivity index (χ4n) is 0.428. The summed E-state index contributed by atoms with van der Waals surface area (Å²) in [4.78, 5) is 2.25. The molecule has 0 aromatic heterocycles. The fraction of sp³-hybridized carbons (Fsp3) is 0.867. The summed E-state index contributed by atoms with van der Waals surface area (Å²) >= 11 is 1.96. The molecular weight excluding hydrogens is 307 g/mol. The Morgan fingerprint density at radius 1 is 0.714 bits per heavy atom. The Morgan fingerprint density at radius 3 is 0.905 bits per heavy atom. The molecule has 21 heavy (non-hydrogen) atoms.